The highest BCUT2D eigenvalue weighted by Crippen LogP contribution is 2.27. The van der Waals surface area contributed by atoms with Gasteiger partial charge in [0.1, 0.15) is 0 Å². The molecule has 0 spiro atoms. The first-order valence-corrected chi connectivity index (χ1v) is 9.52. The molecular formula is C22H36O2. The molecule has 0 radical (unpaired) electrons. The second-order valence-electron chi connectivity index (χ2n) is 7.87. The Hall–Kier alpha value is -1.15. The van der Waals surface area contributed by atoms with E-state index in [1.807, 2.05) is 6.92 Å². The summed E-state index contributed by atoms with van der Waals surface area (Å²) in [6.07, 6.45) is 14.0. The Balaban J connectivity index is 2.36. The maximum Gasteiger partial charge on any atom is 0.158 e. The van der Waals surface area contributed by atoms with Crippen LogP contribution in [0.4, 0.5) is 0 Å². The van der Waals surface area contributed by atoms with Crippen molar-refractivity contribution in [2.75, 3.05) is 0 Å². The SMILES string of the molecule is C/C(=C\C[C@@H]1C(O)C=CC(=O)C1C)CC/C=C(\C)CCCC(C)C. The first kappa shape index (κ1) is 20.9. The number of carbonyl (C=O) groups excluding carboxylic acids is 1. The van der Waals surface area contributed by atoms with Crippen molar-refractivity contribution < 1.29 is 9.90 Å². The van der Waals surface area contributed by atoms with Crippen molar-refractivity contribution in [3.05, 3.63) is 35.5 Å². The van der Waals surface area contributed by atoms with E-state index in [2.05, 4.69) is 39.8 Å². The average molecular weight is 333 g/mol. The standard InChI is InChI=1S/C22H36O2/c1-16(2)8-6-9-17(3)10-7-11-18(4)12-13-20-19(5)21(23)14-15-22(20)24/h10,12,14-16,19-20,22,24H,6-9,11,13H2,1-5H3/b17-10+,18-12+/t19?,20-,22?/m0/s1. The number of aliphatic hydroxyl groups excluding tert-OH is 1. The van der Waals surface area contributed by atoms with Gasteiger partial charge in [-0.3, -0.25) is 4.79 Å². The minimum atomic E-state index is -0.496. The first-order chi connectivity index (χ1) is 11.3. The van der Waals surface area contributed by atoms with Gasteiger partial charge in [0.2, 0.25) is 0 Å². The third-order valence-electron chi connectivity index (χ3n) is 5.11. The summed E-state index contributed by atoms with van der Waals surface area (Å²) in [4.78, 5) is 11.7. The lowest BCUT2D eigenvalue weighted by Gasteiger charge is -2.27. The van der Waals surface area contributed by atoms with Crippen molar-refractivity contribution in [3.8, 4) is 0 Å². The molecule has 0 fully saturated rings. The Morgan fingerprint density at radius 1 is 1.21 bits per heavy atom. The van der Waals surface area contributed by atoms with Crippen LogP contribution in [0.2, 0.25) is 0 Å². The van der Waals surface area contributed by atoms with E-state index < -0.39 is 6.10 Å². The molecule has 1 rings (SSSR count). The molecule has 3 atom stereocenters. The predicted molar refractivity (Wildman–Crippen MR) is 103 cm³/mol. The van der Waals surface area contributed by atoms with E-state index in [4.69, 9.17) is 0 Å². The summed E-state index contributed by atoms with van der Waals surface area (Å²) >= 11 is 0. The Labute approximate surface area is 148 Å². The van der Waals surface area contributed by atoms with Crippen LogP contribution in [0.15, 0.2) is 35.5 Å². The van der Waals surface area contributed by atoms with Gasteiger partial charge >= 0.3 is 0 Å². The topological polar surface area (TPSA) is 37.3 Å². The summed E-state index contributed by atoms with van der Waals surface area (Å²) in [5.41, 5.74) is 2.85. The molecule has 136 valence electrons. The first-order valence-electron chi connectivity index (χ1n) is 9.52. The second-order valence-corrected chi connectivity index (χ2v) is 7.87. The molecule has 1 N–H and O–H groups in total. The Kier molecular flexibility index (Phi) is 9.28. The molecule has 0 aliphatic heterocycles. The lowest BCUT2D eigenvalue weighted by Crippen LogP contribution is -2.32. The van der Waals surface area contributed by atoms with E-state index in [9.17, 15) is 9.90 Å². The molecule has 1 aliphatic carbocycles. The second kappa shape index (κ2) is 10.7. The van der Waals surface area contributed by atoms with Gasteiger partial charge in [-0.25, -0.2) is 0 Å². The summed E-state index contributed by atoms with van der Waals surface area (Å²) in [6.45, 7) is 10.9. The van der Waals surface area contributed by atoms with Crippen LogP contribution in [0.5, 0.6) is 0 Å². The maximum absolute atomic E-state index is 11.7. The zero-order valence-corrected chi connectivity index (χ0v) is 16.2. The molecule has 2 unspecified atom stereocenters. The van der Waals surface area contributed by atoms with Crippen LogP contribution in [0.25, 0.3) is 0 Å². The fraction of sp³-hybridized carbons (Fsp3) is 0.682. The number of ketones is 1. The van der Waals surface area contributed by atoms with E-state index >= 15 is 0 Å². The van der Waals surface area contributed by atoms with Gasteiger partial charge in [0.25, 0.3) is 0 Å². The normalized spacial score (nSPS) is 25.6. The minimum Gasteiger partial charge on any atom is -0.389 e. The number of hydrogen-bond acceptors (Lipinski definition) is 2. The lowest BCUT2D eigenvalue weighted by atomic mass is 9.79. The van der Waals surface area contributed by atoms with Gasteiger partial charge in [0.15, 0.2) is 5.78 Å². The minimum absolute atomic E-state index is 0.0192. The van der Waals surface area contributed by atoms with Gasteiger partial charge in [-0.1, -0.05) is 56.6 Å². The van der Waals surface area contributed by atoms with Gasteiger partial charge in [-0.05, 0) is 57.9 Å². The molecule has 0 aromatic carbocycles. The fourth-order valence-corrected chi connectivity index (χ4v) is 3.22. The largest absolute Gasteiger partial charge is 0.389 e. The molecule has 2 nitrogen and oxygen atoms in total. The smallest absolute Gasteiger partial charge is 0.158 e. The summed E-state index contributed by atoms with van der Waals surface area (Å²) in [5.74, 6) is 0.862. The average Bonchev–Trinajstić information content (AvgIpc) is 2.50. The summed E-state index contributed by atoms with van der Waals surface area (Å²) in [6, 6.07) is 0. The third-order valence-corrected chi connectivity index (χ3v) is 5.11. The Morgan fingerprint density at radius 3 is 2.54 bits per heavy atom. The molecule has 0 heterocycles. The lowest BCUT2D eigenvalue weighted by molar-refractivity contribution is -0.121. The van der Waals surface area contributed by atoms with Crippen molar-refractivity contribution in [1.29, 1.82) is 0 Å². The van der Waals surface area contributed by atoms with E-state index in [-0.39, 0.29) is 17.6 Å². The van der Waals surface area contributed by atoms with E-state index in [0.717, 1.165) is 25.2 Å². The van der Waals surface area contributed by atoms with Crippen LogP contribution in [-0.4, -0.2) is 17.0 Å². The number of rotatable bonds is 9. The Bertz CT molecular complexity index is 482. The molecule has 0 saturated heterocycles. The number of carbonyl (C=O) groups is 1. The molecule has 0 aromatic heterocycles. The molecule has 2 heteroatoms. The zero-order valence-electron chi connectivity index (χ0n) is 16.2. The molecule has 0 saturated carbocycles. The molecule has 0 amide bonds. The highest BCUT2D eigenvalue weighted by atomic mass is 16.3. The quantitative estimate of drug-likeness (QED) is 0.556. The van der Waals surface area contributed by atoms with Gasteiger partial charge in [0, 0.05) is 11.8 Å². The molecule has 1 aliphatic rings. The fourth-order valence-electron chi connectivity index (χ4n) is 3.22. The highest BCUT2D eigenvalue weighted by Gasteiger charge is 2.30. The van der Waals surface area contributed by atoms with E-state index in [0.29, 0.717) is 0 Å². The van der Waals surface area contributed by atoms with Crippen LogP contribution < -0.4 is 0 Å². The van der Waals surface area contributed by atoms with Gasteiger partial charge in [-0.2, -0.15) is 0 Å². The van der Waals surface area contributed by atoms with Crippen LogP contribution in [0, 0.1) is 17.8 Å². The summed E-state index contributed by atoms with van der Waals surface area (Å²) in [5, 5.41) is 10.1. The zero-order chi connectivity index (χ0) is 18.1. The highest BCUT2D eigenvalue weighted by molar-refractivity contribution is 5.92. The van der Waals surface area contributed by atoms with Crippen LogP contribution in [0.3, 0.4) is 0 Å². The Morgan fingerprint density at radius 2 is 1.88 bits per heavy atom. The number of allylic oxidation sites excluding steroid dienone is 5. The van der Waals surface area contributed by atoms with Crippen molar-refractivity contribution in [2.45, 2.75) is 79.2 Å². The monoisotopic (exact) mass is 332 g/mol. The summed E-state index contributed by atoms with van der Waals surface area (Å²) in [7, 11) is 0. The number of aliphatic hydroxyl groups is 1. The predicted octanol–water partition coefficient (Wildman–Crippen LogP) is 5.63. The van der Waals surface area contributed by atoms with Crippen LogP contribution in [-0.2, 0) is 4.79 Å². The van der Waals surface area contributed by atoms with Crippen molar-refractivity contribution >= 4 is 5.78 Å². The number of hydrogen-bond donors (Lipinski definition) is 1. The van der Waals surface area contributed by atoms with Crippen molar-refractivity contribution in [3.63, 3.8) is 0 Å². The van der Waals surface area contributed by atoms with Crippen molar-refractivity contribution in [2.24, 2.45) is 17.8 Å². The van der Waals surface area contributed by atoms with E-state index in [1.165, 1.54) is 36.5 Å². The molecule has 0 bridgehead atoms. The maximum atomic E-state index is 11.7. The third kappa shape index (κ3) is 7.61. The van der Waals surface area contributed by atoms with E-state index in [1.54, 1.807) is 6.08 Å². The van der Waals surface area contributed by atoms with Crippen LogP contribution >= 0.6 is 0 Å². The van der Waals surface area contributed by atoms with Gasteiger partial charge in [0.05, 0.1) is 6.10 Å². The molecular weight excluding hydrogens is 296 g/mol. The van der Waals surface area contributed by atoms with Gasteiger partial charge in [-0.15, -0.1) is 0 Å². The summed E-state index contributed by atoms with van der Waals surface area (Å²) < 4.78 is 0. The van der Waals surface area contributed by atoms with Crippen LogP contribution in [0.1, 0.15) is 73.1 Å². The van der Waals surface area contributed by atoms with Crippen molar-refractivity contribution in [1.82, 2.24) is 0 Å². The van der Waals surface area contributed by atoms with Gasteiger partial charge < -0.3 is 5.11 Å². The molecule has 24 heavy (non-hydrogen) atoms. The molecule has 0 aromatic rings.